The molecule has 0 bridgehead atoms. The van der Waals surface area contributed by atoms with Crippen LogP contribution >= 0.6 is 0 Å². The summed E-state index contributed by atoms with van der Waals surface area (Å²) in [5.41, 5.74) is -0.346. The van der Waals surface area contributed by atoms with E-state index in [1.165, 1.54) is 0 Å². The van der Waals surface area contributed by atoms with Gasteiger partial charge in [0.15, 0.2) is 5.75 Å². The number of nitro groups is 1. The van der Waals surface area contributed by atoms with E-state index in [0.717, 1.165) is 18.2 Å². The first-order valence-electron chi connectivity index (χ1n) is 5.31. The number of unbranched alkanes of at least 4 members (excludes halogenated alkanes) is 1. The molecule has 0 atom stereocenters. The molecule has 0 spiro atoms. The Balaban J connectivity index is 2.86. The third kappa shape index (κ3) is 3.70. The molecule has 0 aliphatic carbocycles. The van der Waals surface area contributed by atoms with Gasteiger partial charge in [-0.05, 0) is 18.9 Å². The van der Waals surface area contributed by atoms with Gasteiger partial charge in [-0.2, -0.15) is 0 Å². The quantitative estimate of drug-likeness (QED) is 0.433. The first-order chi connectivity index (χ1) is 8.56. The second-order valence-corrected chi connectivity index (χ2v) is 3.52. The molecule has 7 nitrogen and oxygen atoms in total. The first kappa shape index (κ1) is 13.9. The van der Waals surface area contributed by atoms with Crippen LogP contribution in [0.5, 0.6) is 5.75 Å². The minimum atomic E-state index is -1.18. The number of aliphatic hydroxyl groups is 1. The smallest absolute Gasteiger partial charge is 0.335 e. The summed E-state index contributed by atoms with van der Waals surface area (Å²) in [6.45, 7) is 0.199. The molecule has 98 valence electrons. The molecule has 0 aliphatic rings. The number of carbonyl (C=O) groups is 1. The largest absolute Gasteiger partial charge is 0.487 e. The summed E-state index contributed by atoms with van der Waals surface area (Å²) in [4.78, 5) is 20.9. The molecule has 18 heavy (non-hydrogen) atoms. The van der Waals surface area contributed by atoms with Crippen LogP contribution < -0.4 is 4.74 Å². The number of nitro benzene ring substituents is 1. The molecule has 0 aliphatic heterocycles. The van der Waals surface area contributed by atoms with E-state index in [9.17, 15) is 14.9 Å². The van der Waals surface area contributed by atoms with Gasteiger partial charge >= 0.3 is 11.7 Å². The zero-order valence-electron chi connectivity index (χ0n) is 9.54. The average Bonchev–Trinajstić information content (AvgIpc) is 2.34. The standard InChI is InChI=1S/C11H13NO6/c13-5-1-2-6-18-10-7-8(11(14)15)3-4-9(10)12(16)17/h3-4,7,13H,1-2,5-6H2,(H,14,15). The van der Waals surface area contributed by atoms with E-state index in [1.807, 2.05) is 0 Å². The summed E-state index contributed by atoms with van der Waals surface area (Å²) in [5, 5.41) is 28.1. The summed E-state index contributed by atoms with van der Waals surface area (Å²) >= 11 is 0. The highest BCUT2D eigenvalue weighted by Gasteiger charge is 2.17. The molecule has 1 rings (SSSR count). The maximum atomic E-state index is 10.8. The monoisotopic (exact) mass is 255 g/mol. The van der Waals surface area contributed by atoms with E-state index in [2.05, 4.69) is 0 Å². The van der Waals surface area contributed by atoms with Gasteiger partial charge in [-0.3, -0.25) is 10.1 Å². The average molecular weight is 255 g/mol. The van der Waals surface area contributed by atoms with Gasteiger partial charge in [0, 0.05) is 18.7 Å². The van der Waals surface area contributed by atoms with E-state index in [1.54, 1.807) is 0 Å². The lowest BCUT2D eigenvalue weighted by Crippen LogP contribution is -2.04. The van der Waals surface area contributed by atoms with Gasteiger partial charge < -0.3 is 14.9 Å². The van der Waals surface area contributed by atoms with Gasteiger partial charge in [0.05, 0.1) is 17.1 Å². The lowest BCUT2D eigenvalue weighted by atomic mass is 10.2. The molecule has 0 fully saturated rings. The number of carboxylic acid groups (broad SMARTS) is 1. The molecule has 1 aromatic carbocycles. The van der Waals surface area contributed by atoms with Crippen LogP contribution in [0.3, 0.4) is 0 Å². The molecule has 0 saturated heterocycles. The Labute approximate surface area is 103 Å². The van der Waals surface area contributed by atoms with Gasteiger partial charge in [0.1, 0.15) is 0 Å². The van der Waals surface area contributed by atoms with Crippen LogP contribution in [0.15, 0.2) is 18.2 Å². The van der Waals surface area contributed by atoms with Crippen molar-refractivity contribution in [2.75, 3.05) is 13.2 Å². The van der Waals surface area contributed by atoms with Crippen LogP contribution in [0.25, 0.3) is 0 Å². The van der Waals surface area contributed by atoms with Crippen molar-refractivity contribution in [2.45, 2.75) is 12.8 Å². The van der Waals surface area contributed by atoms with Crippen LogP contribution in [0, 0.1) is 10.1 Å². The Morgan fingerprint density at radius 1 is 1.39 bits per heavy atom. The van der Waals surface area contributed by atoms with Crippen molar-refractivity contribution in [3.05, 3.63) is 33.9 Å². The molecule has 0 saturated carbocycles. The molecule has 7 heteroatoms. The topological polar surface area (TPSA) is 110 Å². The van der Waals surface area contributed by atoms with Gasteiger partial charge in [-0.15, -0.1) is 0 Å². The lowest BCUT2D eigenvalue weighted by molar-refractivity contribution is -0.385. The number of hydrogen-bond donors (Lipinski definition) is 2. The minimum absolute atomic E-state index is 0.0145. The van der Waals surface area contributed by atoms with Crippen LogP contribution in [-0.2, 0) is 0 Å². The minimum Gasteiger partial charge on any atom is -0.487 e. The van der Waals surface area contributed by atoms with Crippen LogP contribution in [-0.4, -0.2) is 34.3 Å². The lowest BCUT2D eigenvalue weighted by Gasteiger charge is -2.07. The predicted molar refractivity (Wildman–Crippen MR) is 61.9 cm³/mol. The fraction of sp³-hybridized carbons (Fsp3) is 0.364. The number of hydrogen-bond acceptors (Lipinski definition) is 5. The van der Waals surface area contributed by atoms with Gasteiger partial charge in [-0.25, -0.2) is 4.79 Å². The van der Waals surface area contributed by atoms with E-state index in [4.69, 9.17) is 14.9 Å². The molecule has 0 unspecified atom stereocenters. The molecule has 0 aromatic heterocycles. The summed E-state index contributed by atoms with van der Waals surface area (Å²) in [7, 11) is 0. The number of aromatic carboxylic acids is 1. The Hall–Kier alpha value is -2.15. The normalized spacial score (nSPS) is 10.1. The Bertz CT molecular complexity index is 445. The number of ether oxygens (including phenoxy) is 1. The van der Waals surface area contributed by atoms with Gasteiger partial charge in [0.25, 0.3) is 0 Å². The molecular formula is C11H13NO6. The van der Waals surface area contributed by atoms with E-state index in [0.29, 0.717) is 12.8 Å². The van der Waals surface area contributed by atoms with Crippen LogP contribution in [0.4, 0.5) is 5.69 Å². The maximum absolute atomic E-state index is 10.8. The van der Waals surface area contributed by atoms with Gasteiger partial charge in [-0.1, -0.05) is 0 Å². The third-order valence-electron chi connectivity index (χ3n) is 2.21. The van der Waals surface area contributed by atoms with Crippen LogP contribution in [0.1, 0.15) is 23.2 Å². The highest BCUT2D eigenvalue weighted by atomic mass is 16.6. The highest BCUT2D eigenvalue weighted by molar-refractivity contribution is 5.88. The third-order valence-corrected chi connectivity index (χ3v) is 2.21. The molecule has 1 aromatic rings. The van der Waals surface area contributed by atoms with Gasteiger partial charge in [0.2, 0.25) is 0 Å². The zero-order chi connectivity index (χ0) is 13.5. The van der Waals surface area contributed by atoms with Crippen molar-refractivity contribution in [1.82, 2.24) is 0 Å². The second kappa shape index (κ2) is 6.55. The van der Waals surface area contributed by atoms with Crippen molar-refractivity contribution in [2.24, 2.45) is 0 Å². The maximum Gasteiger partial charge on any atom is 0.335 e. The molecule has 0 amide bonds. The number of aliphatic hydroxyl groups excluding tert-OH is 1. The summed E-state index contributed by atoms with van der Waals surface area (Å²) < 4.78 is 5.18. The summed E-state index contributed by atoms with van der Waals surface area (Å²) in [5.74, 6) is -1.25. The SMILES string of the molecule is O=C(O)c1ccc([N+](=O)[O-])c(OCCCCO)c1. The van der Waals surface area contributed by atoms with Crippen LogP contribution in [0.2, 0.25) is 0 Å². The second-order valence-electron chi connectivity index (χ2n) is 3.52. The molecule has 0 radical (unpaired) electrons. The van der Waals surface area contributed by atoms with Crippen molar-refractivity contribution in [3.63, 3.8) is 0 Å². The number of rotatable bonds is 7. The van der Waals surface area contributed by atoms with Crippen molar-refractivity contribution >= 4 is 11.7 Å². The number of nitrogens with zero attached hydrogens (tertiary/aromatic N) is 1. The number of carboxylic acids is 1. The predicted octanol–water partition coefficient (Wildman–Crippen LogP) is 1.44. The molecular weight excluding hydrogens is 242 g/mol. The van der Waals surface area contributed by atoms with E-state index >= 15 is 0 Å². The Morgan fingerprint density at radius 2 is 2.11 bits per heavy atom. The fourth-order valence-corrected chi connectivity index (χ4v) is 1.31. The fourth-order valence-electron chi connectivity index (χ4n) is 1.31. The molecule has 2 N–H and O–H groups in total. The number of benzene rings is 1. The van der Waals surface area contributed by atoms with Crippen molar-refractivity contribution in [1.29, 1.82) is 0 Å². The highest BCUT2D eigenvalue weighted by Crippen LogP contribution is 2.28. The van der Waals surface area contributed by atoms with E-state index in [-0.39, 0.29) is 30.2 Å². The summed E-state index contributed by atoms with van der Waals surface area (Å²) in [6, 6.07) is 3.38. The first-order valence-corrected chi connectivity index (χ1v) is 5.31. The summed E-state index contributed by atoms with van der Waals surface area (Å²) in [6.07, 6.45) is 1.05. The van der Waals surface area contributed by atoms with E-state index < -0.39 is 10.9 Å². The molecule has 0 heterocycles. The van der Waals surface area contributed by atoms with Crippen molar-refractivity contribution < 1.29 is 24.7 Å². The zero-order valence-corrected chi connectivity index (χ0v) is 9.54. The Kier molecular flexibility index (Phi) is 5.06. The van der Waals surface area contributed by atoms with Crippen molar-refractivity contribution in [3.8, 4) is 5.75 Å². The Morgan fingerprint density at radius 3 is 2.67 bits per heavy atom.